The van der Waals surface area contributed by atoms with Gasteiger partial charge in [-0.05, 0) is 12.1 Å². The molecule has 0 heterocycles. The van der Waals surface area contributed by atoms with Gasteiger partial charge in [-0.3, -0.25) is 0 Å². The Hall–Kier alpha value is -1.69. The van der Waals surface area contributed by atoms with E-state index < -0.39 is 17.7 Å². The highest BCUT2D eigenvalue weighted by Gasteiger charge is 2.09. The van der Waals surface area contributed by atoms with Crippen LogP contribution >= 0.6 is 0 Å². The number of hydrogen-bond acceptors (Lipinski definition) is 2. The molecule has 1 aromatic carbocycles. The quantitative estimate of drug-likeness (QED) is 0.708. The molecule has 0 aromatic heterocycles. The molecule has 0 saturated carbocycles. The van der Waals surface area contributed by atoms with Crippen LogP contribution < -0.4 is 10.6 Å². The van der Waals surface area contributed by atoms with Gasteiger partial charge in [-0.1, -0.05) is 6.07 Å². The van der Waals surface area contributed by atoms with Crippen molar-refractivity contribution >= 4 is 11.7 Å². The van der Waals surface area contributed by atoms with Crippen LogP contribution in [0.5, 0.6) is 0 Å². The minimum absolute atomic E-state index is 0.0444. The van der Waals surface area contributed by atoms with E-state index in [1.807, 2.05) is 0 Å². The van der Waals surface area contributed by atoms with Gasteiger partial charge in [-0.2, -0.15) is 0 Å². The topological polar surface area (TPSA) is 61.4 Å². The lowest BCUT2D eigenvalue weighted by atomic mass is 10.3. The van der Waals surface area contributed by atoms with E-state index in [2.05, 4.69) is 10.6 Å². The number of aliphatic hydroxyl groups is 1. The van der Waals surface area contributed by atoms with Crippen LogP contribution in [0.25, 0.3) is 0 Å². The van der Waals surface area contributed by atoms with E-state index in [0.717, 1.165) is 6.07 Å². The fourth-order valence-corrected chi connectivity index (χ4v) is 0.936. The summed E-state index contributed by atoms with van der Waals surface area (Å²) < 4.78 is 25.7. The molecule has 0 aliphatic heterocycles. The predicted octanol–water partition coefficient (Wildman–Crippen LogP) is 1.08. The van der Waals surface area contributed by atoms with Gasteiger partial charge >= 0.3 is 6.03 Å². The van der Waals surface area contributed by atoms with Crippen molar-refractivity contribution in [1.82, 2.24) is 5.32 Å². The van der Waals surface area contributed by atoms with Crippen LogP contribution in [-0.4, -0.2) is 24.3 Å². The van der Waals surface area contributed by atoms with Crippen molar-refractivity contribution in [3.05, 3.63) is 29.8 Å². The summed E-state index contributed by atoms with van der Waals surface area (Å²) in [5, 5.41) is 12.8. The average molecular weight is 216 g/mol. The second kappa shape index (κ2) is 5.26. The van der Waals surface area contributed by atoms with E-state index >= 15 is 0 Å². The molecule has 2 amide bonds. The molecule has 0 radical (unpaired) electrons. The summed E-state index contributed by atoms with van der Waals surface area (Å²) in [5.41, 5.74) is -0.245. The van der Waals surface area contributed by atoms with Crippen molar-refractivity contribution < 1.29 is 18.7 Å². The summed E-state index contributed by atoms with van der Waals surface area (Å²) in [4.78, 5) is 11.0. The van der Waals surface area contributed by atoms with Crippen LogP contribution in [0.1, 0.15) is 0 Å². The van der Waals surface area contributed by atoms with Gasteiger partial charge in [0.2, 0.25) is 0 Å². The van der Waals surface area contributed by atoms with Gasteiger partial charge in [0.05, 0.1) is 12.3 Å². The monoisotopic (exact) mass is 216 g/mol. The standard InChI is InChI=1S/C9H10F2N2O2/c10-6-2-1-3-7(8(6)11)13-9(15)12-4-5-14/h1-3,14H,4-5H2,(H2,12,13,15). The third-order valence-electron chi connectivity index (χ3n) is 1.60. The minimum atomic E-state index is -1.11. The summed E-state index contributed by atoms with van der Waals surface area (Å²) in [6, 6.07) is 2.76. The van der Waals surface area contributed by atoms with E-state index in [9.17, 15) is 13.6 Å². The van der Waals surface area contributed by atoms with E-state index in [1.165, 1.54) is 12.1 Å². The maximum absolute atomic E-state index is 13.0. The van der Waals surface area contributed by atoms with Gasteiger partial charge in [0, 0.05) is 6.54 Å². The van der Waals surface area contributed by atoms with Crippen molar-refractivity contribution in [2.45, 2.75) is 0 Å². The highest BCUT2D eigenvalue weighted by atomic mass is 19.2. The van der Waals surface area contributed by atoms with Gasteiger partial charge in [0.1, 0.15) is 0 Å². The molecule has 1 aromatic rings. The maximum Gasteiger partial charge on any atom is 0.319 e. The van der Waals surface area contributed by atoms with Crippen LogP contribution in [0.3, 0.4) is 0 Å². The number of carbonyl (C=O) groups is 1. The maximum atomic E-state index is 13.0. The second-order valence-corrected chi connectivity index (χ2v) is 2.71. The van der Waals surface area contributed by atoms with Gasteiger partial charge < -0.3 is 15.7 Å². The first-order valence-corrected chi connectivity index (χ1v) is 4.25. The molecule has 0 atom stereocenters. The van der Waals surface area contributed by atoms with Crippen LogP contribution in [-0.2, 0) is 0 Å². The SMILES string of the molecule is O=C(NCCO)Nc1cccc(F)c1F. The number of carbonyl (C=O) groups excluding carboxylic acids is 1. The first-order valence-electron chi connectivity index (χ1n) is 4.25. The summed E-state index contributed by atoms with van der Waals surface area (Å²) >= 11 is 0. The molecule has 0 aliphatic rings. The van der Waals surface area contributed by atoms with E-state index in [0.29, 0.717) is 0 Å². The lowest BCUT2D eigenvalue weighted by Crippen LogP contribution is -2.31. The zero-order chi connectivity index (χ0) is 11.3. The van der Waals surface area contributed by atoms with Crippen molar-refractivity contribution in [3.63, 3.8) is 0 Å². The highest BCUT2D eigenvalue weighted by Crippen LogP contribution is 2.15. The number of anilines is 1. The molecule has 3 N–H and O–H groups in total. The number of amides is 2. The molecule has 0 unspecified atom stereocenters. The normalized spacial score (nSPS) is 9.80. The minimum Gasteiger partial charge on any atom is -0.395 e. The Kier molecular flexibility index (Phi) is 3.99. The molecule has 0 fully saturated rings. The number of halogens is 2. The predicted molar refractivity (Wildman–Crippen MR) is 50.5 cm³/mol. The second-order valence-electron chi connectivity index (χ2n) is 2.71. The van der Waals surface area contributed by atoms with Crippen molar-refractivity contribution in [2.24, 2.45) is 0 Å². The summed E-state index contributed by atoms with van der Waals surface area (Å²) in [6.45, 7) is -0.179. The van der Waals surface area contributed by atoms with Crippen molar-refractivity contribution in [1.29, 1.82) is 0 Å². The van der Waals surface area contributed by atoms with E-state index in [1.54, 1.807) is 0 Å². The molecule has 1 rings (SSSR count). The van der Waals surface area contributed by atoms with Gasteiger partial charge in [-0.15, -0.1) is 0 Å². The van der Waals surface area contributed by atoms with E-state index in [4.69, 9.17) is 5.11 Å². The highest BCUT2D eigenvalue weighted by molar-refractivity contribution is 5.89. The van der Waals surface area contributed by atoms with Crippen LogP contribution in [0.2, 0.25) is 0 Å². The average Bonchev–Trinajstić information content (AvgIpc) is 2.22. The molecule has 4 nitrogen and oxygen atoms in total. The fraction of sp³-hybridized carbons (Fsp3) is 0.222. The van der Waals surface area contributed by atoms with Gasteiger partial charge in [-0.25, -0.2) is 13.6 Å². The van der Waals surface area contributed by atoms with Crippen LogP contribution in [0.4, 0.5) is 19.3 Å². The number of aliphatic hydroxyl groups excluding tert-OH is 1. The zero-order valence-corrected chi connectivity index (χ0v) is 7.76. The lowest BCUT2D eigenvalue weighted by molar-refractivity contribution is 0.244. The Labute approximate surface area is 84.9 Å². The van der Waals surface area contributed by atoms with E-state index in [-0.39, 0.29) is 18.8 Å². The van der Waals surface area contributed by atoms with Crippen molar-refractivity contribution in [3.8, 4) is 0 Å². The Balaban J connectivity index is 2.64. The largest absolute Gasteiger partial charge is 0.395 e. The number of rotatable bonds is 3. The molecule has 0 saturated heterocycles. The zero-order valence-electron chi connectivity index (χ0n) is 7.76. The number of urea groups is 1. The number of benzene rings is 1. The first-order chi connectivity index (χ1) is 7.15. The molecule has 6 heteroatoms. The molecule has 0 spiro atoms. The van der Waals surface area contributed by atoms with Crippen LogP contribution in [0, 0.1) is 11.6 Å². The van der Waals surface area contributed by atoms with Gasteiger partial charge in [0.15, 0.2) is 11.6 Å². The third kappa shape index (κ3) is 3.17. The van der Waals surface area contributed by atoms with Crippen molar-refractivity contribution in [2.75, 3.05) is 18.5 Å². The first kappa shape index (κ1) is 11.4. The molecule has 0 bridgehead atoms. The van der Waals surface area contributed by atoms with Gasteiger partial charge in [0.25, 0.3) is 0 Å². The lowest BCUT2D eigenvalue weighted by Gasteiger charge is -2.07. The molecule has 82 valence electrons. The third-order valence-corrected chi connectivity index (χ3v) is 1.60. The number of nitrogens with one attached hydrogen (secondary N) is 2. The summed E-state index contributed by atoms with van der Waals surface area (Å²) in [6.07, 6.45) is 0. The smallest absolute Gasteiger partial charge is 0.319 e. The molecule has 15 heavy (non-hydrogen) atoms. The Morgan fingerprint density at radius 3 is 2.80 bits per heavy atom. The Morgan fingerprint density at radius 1 is 1.40 bits per heavy atom. The number of hydrogen-bond donors (Lipinski definition) is 3. The fourth-order valence-electron chi connectivity index (χ4n) is 0.936. The molecular weight excluding hydrogens is 206 g/mol. The summed E-state index contributed by atoms with van der Waals surface area (Å²) in [5.74, 6) is -2.15. The van der Waals surface area contributed by atoms with Crippen LogP contribution in [0.15, 0.2) is 18.2 Å². The Bertz CT molecular complexity index is 358. The molecular formula is C9H10F2N2O2. The molecule has 0 aliphatic carbocycles. The summed E-state index contributed by atoms with van der Waals surface area (Å²) in [7, 11) is 0. The Morgan fingerprint density at radius 2 is 2.13 bits per heavy atom.